The van der Waals surface area contributed by atoms with E-state index in [0.717, 1.165) is 12.8 Å². The number of carbonyl (C=O) groups is 1. The van der Waals surface area contributed by atoms with E-state index >= 15 is 0 Å². The quantitative estimate of drug-likeness (QED) is 0.673. The molecule has 1 aliphatic carbocycles. The van der Waals surface area contributed by atoms with Gasteiger partial charge in [-0.25, -0.2) is 0 Å². The Morgan fingerprint density at radius 1 is 1.46 bits per heavy atom. The predicted octanol–water partition coefficient (Wildman–Crippen LogP) is 1.03. The van der Waals surface area contributed by atoms with Crippen molar-refractivity contribution in [3.63, 3.8) is 0 Å². The predicted molar refractivity (Wildman–Crippen MR) is 53.2 cm³/mol. The highest BCUT2D eigenvalue weighted by atomic mass is 16.2. The van der Waals surface area contributed by atoms with Crippen LogP contribution < -0.4 is 11.1 Å². The molecule has 0 heterocycles. The summed E-state index contributed by atoms with van der Waals surface area (Å²) in [7, 11) is 0. The highest BCUT2D eigenvalue weighted by Gasteiger charge is 2.33. The maximum atomic E-state index is 11.5. The molecule has 0 aromatic rings. The molecular weight excluding hydrogens is 164 g/mol. The van der Waals surface area contributed by atoms with Gasteiger partial charge in [0, 0.05) is 17.5 Å². The summed E-state index contributed by atoms with van der Waals surface area (Å²) in [6.07, 6.45) is 3.27. The Bertz CT molecular complexity index is 201. The van der Waals surface area contributed by atoms with Gasteiger partial charge in [0.1, 0.15) is 0 Å². The van der Waals surface area contributed by atoms with E-state index in [-0.39, 0.29) is 16.9 Å². The van der Waals surface area contributed by atoms with E-state index in [1.165, 1.54) is 6.42 Å². The fourth-order valence-corrected chi connectivity index (χ4v) is 1.33. The normalized spacial score (nSPS) is 20.6. The van der Waals surface area contributed by atoms with Crippen molar-refractivity contribution in [3.8, 4) is 0 Å². The maximum Gasteiger partial charge on any atom is 0.225 e. The van der Waals surface area contributed by atoms with E-state index < -0.39 is 0 Å². The minimum absolute atomic E-state index is 0.0872. The second kappa shape index (κ2) is 3.29. The molecule has 1 fully saturated rings. The van der Waals surface area contributed by atoms with Crippen LogP contribution in [0.2, 0.25) is 0 Å². The molecule has 1 amide bonds. The van der Waals surface area contributed by atoms with Gasteiger partial charge in [-0.3, -0.25) is 4.79 Å². The zero-order valence-corrected chi connectivity index (χ0v) is 8.81. The lowest BCUT2D eigenvalue weighted by atomic mass is 9.77. The number of hydrogen-bond donors (Lipinski definition) is 2. The molecule has 76 valence electrons. The van der Waals surface area contributed by atoms with Crippen LogP contribution in [0.25, 0.3) is 0 Å². The minimum Gasteiger partial charge on any atom is -0.354 e. The van der Waals surface area contributed by atoms with Crippen molar-refractivity contribution in [2.45, 2.75) is 45.6 Å². The first-order valence-corrected chi connectivity index (χ1v) is 4.91. The number of nitrogens with one attached hydrogen (secondary N) is 1. The molecule has 3 nitrogen and oxygen atoms in total. The first kappa shape index (κ1) is 10.5. The Morgan fingerprint density at radius 2 is 2.00 bits per heavy atom. The van der Waals surface area contributed by atoms with E-state index in [9.17, 15) is 4.79 Å². The van der Waals surface area contributed by atoms with E-state index in [4.69, 9.17) is 5.73 Å². The number of carbonyl (C=O) groups excluding carboxylic acids is 1. The van der Waals surface area contributed by atoms with Crippen LogP contribution in [0.15, 0.2) is 0 Å². The molecule has 0 aromatic heterocycles. The fraction of sp³-hybridized carbons (Fsp3) is 0.900. The molecule has 1 aliphatic rings. The molecular formula is C10H20N2O. The van der Waals surface area contributed by atoms with E-state index in [0.29, 0.717) is 6.54 Å². The van der Waals surface area contributed by atoms with Crippen molar-refractivity contribution in [3.05, 3.63) is 0 Å². The first-order chi connectivity index (χ1) is 5.83. The van der Waals surface area contributed by atoms with Crippen molar-refractivity contribution in [1.82, 2.24) is 5.32 Å². The molecule has 0 aromatic carbocycles. The SMILES string of the molecule is CC(C)(C)C(=O)NCC1(N)CCC1. The van der Waals surface area contributed by atoms with Gasteiger partial charge in [0.25, 0.3) is 0 Å². The summed E-state index contributed by atoms with van der Waals surface area (Å²) in [6.45, 7) is 6.36. The summed E-state index contributed by atoms with van der Waals surface area (Å²) in [5.41, 5.74) is 5.56. The monoisotopic (exact) mass is 184 g/mol. The topological polar surface area (TPSA) is 55.1 Å². The van der Waals surface area contributed by atoms with E-state index in [1.807, 2.05) is 20.8 Å². The van der Waals surface area contributed by atoms with E-state index in [1.54, 1.807) is 0 Å². The minimum atomic E-state index is -0.305. The van der Waals surface area contributed by atoms with Gasteiger partial charge in [-0.15, -0.1) is 0 Å². The summed E-state index contributed by atoms with van der Waals surface area (Å²) in [4.78, 5) is 11.5. The second-order valence-electron chi connectivity index (χ2n) is 5.15. The molecule has 3 N–H and O–H groups in total. The molecule has 13 heavy (non-hydrogen) atoms. The van der Waals surface area contributed by atoms with Crippen LogP contribution in [0.1, 0.15) is 40.0 Å². The Kier molecular flexibility index (Phi) is 2.66. The van der Waals surface area contributed by atoms with Crippen LogP contribution in [0.4, 0.5) is 0 Å². The van der Waals surface area contributed by atoms with Gasteiger partial charge in [-0.05, 0) is 19.3 Å². The zero-order valence-electron chi connectivity index (χ0n) is 8.81. The van der Waals surface area contributed by atoms with Crippen LogP contribution in [-0.4, -0.2) is 18.0 Å². The number of rotatable bonds is 2. The van der Waals surface area contributed by atoms with Gasteiger partial charge in [0.05, 0.1) is 0 Å². The van der Waals surface area contributed by atoms with Gasteiger partial charge in [-0.2, -0.15) is 0 Å². The van der Waals surface area contributed by atoms with Crippen LogP contribution >= 0.6 is 0 Å². The third kappa shape index (κ3) is 2.69. The van der Waals surface area contributed by atoms with Gasteiger partial charge in [-0.1, -0.05) is 20.8 Å². The molecule has 1 rings (SSSR count). The Morgan fingerprint density at radius 3 is 2.31 bits per heavy atom. The van der Waals surface area contributed by atoms with Crippen LogP contribution in [0, 0.1) is 5.41 Å². The summed E-state index contributed by atoms with van der Waals surface area (Å²) in [6, 6.07) is 0. The van der Waals surface area contributed by atoms with Crippen LogP contribution in [-0.2, 0) is 4.79 Å². The van der Waals surface area contributed by atoms with Gasteiger partial charge >= 0.3 is 0 Å². The summed E-state index contributed by atoms with van der Waals surface area (Å²) < 4.78 is 0. The van der Waals surface area contributed by atoms with Crippen LogP contribution in [0.5, 0.6) is 0 Å². The third-order valence-corrected chi connectivity index (χ3v) is 2.63. The highest BCUT2D eigenvalue weighted by molar-refractivity contribution is 5.81. The number of hydrogen-bond acceptors (Lipinski definition) is 2. The smallest absolute Gasteiger partial charge is 0.225 e. The summed E-state index contributed by atoms with van der Waals surface area (Å²) in [5, 5.41) is 2.90. The van der Waals surface area contributed by atoms with E-state index in [2.05, 4.69) is 5.32 Å². The lowest BCUT2D eigenvalue weighted by Crippen LogP contribution is -2.56. The zero-order chi connectivity index (χ0) is 10.1. The van der Waals surface area contributed by atoms with Crippen molar-refractivity contribution in [1.29, 1.82) is 0 Å². The Hall–Kier alpha value is -0.570. The number of nitrogens with two attached hydrogens (primary N) is 1. The Balaban J connectivity index is 2.30. The standard InChI is InChI=1S/C10H20N2O/c1-9(2,3)8(13)12-7-10(11)5-4-6-10/h4-7,11H2,1-3H3,(H,12,13). The van der Waals surface area contributed by atoms with Gasteiger partial charge in [0.15, 0.2) is 0 Å². The average Bonchev–Trinajstić information content (AvgIpc) is 1.94. The maximum absolute atomic E-state index is 11.5. The second-order valence-corrected chi connectivity index (χ2v) is 5.15. The highest BCUT2D eigenvalue weighted by Crippen LogP contribution is 2.28. The molecule has 1 saturated carbocycles. The molecule has 0 atom stereocenters. The molecule has 0 saturated heterocycles. The Labute approximate surface area is 80.1 Å². The van der Waals surface area contributed by atoms with Gasteiger partial charge in [0.2, 0.25) is 5.91 Å². The summed E-state index contributed by atoms with van der Waals surface area (Å²) in [5.74, 6) is 0.0872. The largest absolute Gasteiger partial charge is 0.354 e. The van der Waals surface area contributed by atoms with Crippen LogP contribution in [0.3, 0.4) is 0 Å². The third-order valence-electron chi connectivity index (χ3n) is 2.63. The average molecular weight is 184 g/mol. The first-order valence-electron chi connectivity index (χ1n) is 4.91. The number of amides is 1. The van der Waals surface area contributed by atoms with Gasteiger partial charge < -0.3 is 11.1 Å². The lowest BCUT2D eigenvalue weighted by molar-refractivity contribution is -0.128. The molecule has 0 spiro atoms. The molecule has 3 heteroatoms. The summed E-state index contributed by atoms with van der Waals surface area (Å²) >= 11 is 0. The van der Waals surface area contributed by atoms with Crippen molar-refractivity contribution in [2.24, 2.45) is 11.1 Å². The molecule has 0 unspecified atom stereocenters. The van der Waals surface area contributed by atoms with Crippen molar-refractivity contribution >= 4 is 5.91 Å². The molecule has 0 bridgehead atoms. The molecule has 0 radical (unpaired) electrons. The van der Waals surface area contributed by atoms with Crippen molar-refractivity contribution in [2.75, 3.05) is 6.54 Å². The molecule has 0 aliphatic heterocycles. The fourth-order valence-electron chi connectivity index (χ4n) is 1.33. The lowest BCUT2D eigenvalue weighted by Gasteiger charge is -2.38. The van der Waals surface area contributed by atoms with Crippen molar-refractivity contribution < 1.29 is 4.79 Å².